The maximum atomic E-state index is 13.1. The van der Waals surface area contributed by atoms with E-state index >= 15 is 0 Å². The van der Waals surface area contributed by atoms with Crippen molar-refractivity contribution in [2.24, 2.45) is 0 Å². The fourth-order valence-electron chi connectivity index (χ4n) is 3.34. The predicted octanol–water partition coefficient (Wildman–Crippen LogP) is 3.53. The van der Waals surface area contributed by atoms with E-state index in [2.05, 4.69) is 6.58 Å². The first kappa shape index (κ1) is 14.4. The van der Waals surface area contributed by atoms with Crippen molar-refractivity contribution in [2.45, 2.75) is 11.8 Å². The number of likely N-dealkylation sites (N-methyl/N-ethyl adjacent to an activating group) is 1. The molecule has 0 radical (unpaired) electrons. The summed E-state index contributed by atoms with van der Waals surface area (Å²) in [4.78, 5) is 14.8. The number of carbonyl (C=O) groups is 1. The van der Waals surface area contributed by atoms with E-state index < -0.39 is 5.41 Å². The van der Waals surface area contributed by atoms with Crippen molar-refractivity contribution in [2.75, 3.05) is 19.1 Å². The molecular weight excluding hydrogens is 274 g/mol. The van der Waals surface area contributed by atoms with Crippen LogP contribution in [0.2, 0.25) is 0 Å². The van der Waals surface area contributed by atoms with Gasteiger partial charge >= 0.3 is 0 Å². The first-order valence-electron chi connectivity index (χ1n) is 7.28. The van der Waals surface area contributed by atoms with Crippen LogP contribution in [0.5, 0.6) is 5.75 Å². The fourth-order valence-corrected chi connectivity index (χ4v) is 3.34. The Kier molecular flexibility index (Phi) is 3.49. The average molecular weight is 293 g/mol. The van der Waals surface area contributed by atoms with Gasteiger partial charge in [-0.3, -0.25) is 4.79 Å². The number of para-hydroxylation sites is 1. The normalized spacial score (nSPS) is 19.9. The number of allylic oxidation sites excluding steroid dienone is 1. The molecule has 1 aliphatic heterocycles. The van der Waals surface area contributed by atoms with Gasteiger partial charge in [-0.1, -0.05) is 36.4 Å². The van der Waals surface area contributed by atoms with Crippen LogP contribution in [-0.2, 0) is 10.2 Å². The summed E-state index contributed by atoms with van der Waals surface area (Å²) in [5.74, 6) is 0.822. The molecule has 112 valence electrons. The van der Waals surface area contributed by atoms with Crippen LogP contribution in [-0.4, -0.2) is 20.1 Å². The Morgan fingerprint density at radius 2 is 2.00 bits per heavy atom. The summed E-state index contributed by atoms with van der Waals surface area (Å²) in [6.07, 6.45) is 2.37. The summed E-state index contributed by atoms with van der Waals surface area (Å²) in [6, 6.07) is 15.7. The summed E-state index contributed by atoms with van der Waals surface area (Å²) in [5, 5.41) is 0. The summed E-state index contributed by atoms with van der Waals surface area (Å²) in [5.41, 5.74) is 2.20. The average Bonchev–Trinajstić information content (AvgIpc) is 2.78. The van der Waals surface area contributed by atoms with Gasteiger partial charge in [0.1, 0.15) is 11.2 Å². The van der Waals surface area contributed by atoms with E-state index in [4.69, 9.17) is 4.74 Å². The van der Waals surface area contributed by atoms with Gasteiger partial charge < -0.3 is 9.64 Å². The highest BCUT2D eigenvalue weighted by atomic mass is 16.5. The number of hydrogen-bond acceptors (Lipinski definition) is 2. The molecule has 1 atom stereocenters. The minimum Gasteiger partial charge on any atom is -0.497 e. The number of methoxy groups -OCH3 is 1. The molecule has 2 aromatic rings. The quantitative estimate of drug-likeness (QED) is 0.807. The van der Waals surface area contributed by atoms with Crippen molar-refractivity contribution >= 4 is 11.6 Å². The third-order valence-corrected chi connectivity index (χ3v) is 4.41. The van der Waals surface area contributed by atoms with E-state index in [9.17, 15) is 4.79 Å². The molecule has 0 aromatic heterocycles. The number of carbonyl (C=O) groups excluding carboxylic acids is 1. The lowest BCUT2D eigenvalue weighted by atomic mass is 9.73. The fraction of sp³-hybridized carbons (Fsp3) is 0.211. The first-order valence-corrected chi connectivity index (χ1v) is 7.28. The van der Waals surface area contributed by atoms with E-state index in [1.54, 1.807) is 12.0 Å². The molecule has 0 saturated heterocycles. The minimum atomic E-state index is -0.721. The monoisotopic (exact) mass is 293 g/mol. The zero-order valence-electron chi connectivity index (χ0n) is 12.9. The molecule has 0 aliphatic carbocycles. The lowest BCUT2D eigenvalue weighted by molar-refractivity contribution is -0.121. The van der Waals surface area contributed by atoms with Crippen LogP contribution in [0.15, 0.2) is 61.2 Å². The standard InChI is InChI=1S/C19H19NO2/c1-4-12-19(14-8-7-9-15(13-14)22-3)16-10-5-6-11-17(16)20(2)18(19)21/h4-11,13H,1,12H2,2-3H3/t19-/m1/s1. The van der Waals surface area contributed by atoms with Crippen LogP contribution in [0.1, 0.15) is 17.5 Å². The molecule has 0 bridgehead atoms. The van der Waals surface area contributed by atoms with E-state index in [-0.39, 0.29) is 5.91 Å². The lowest BCUT2D eigenvalue weighted by Crippen LogP contribution is -2.39. The number of fused-ring (bicyclic) bond motifs is 1. The molecule has 2 aromatic carbocycles. The molecule has 1 amide bonds. The van der Waals surface area contributed by atoms with Crippen molar-refractivity contribution in [3.63, 3.8) is 0 Å². The molecule has 3 rings (SSSR count). The van der Waals surface area contributed by atoms with E-state index in [1.165, 1.54) is 0 Å². The van der Waals surface area contributed by atoms with Gasteiger partial charge in [0.15, 0.2) is 0 Å². The van der Waals surface area contributed by atoms with Crippen molar-refractivity contribution in [3.05, 3.63) is 72.3 Å². The highest BCUT2D eigenvalue weighted by Gasteiger charge is 2.50. The number of amides is 1. The largest absolute Gasteiger partial charge is 0.497 e. The lowest BCUT2D eigenvalue weighted by Gasteiger charge is -2.28. The van der Waals surface area contributed by atoms with Crippen molar-refractivity contribution in [1.82, 2.24) is 0 Å². The van der Waals surface area contributed by atoms with Gasteiger partial charge in [-0.05, 0) is 35.7 Å². The van der Waals surface area contributed by atoms with Crippen LogP contribution in [0.25, 0.3) is 0 Å². The maximum absolute atomic E-state index is 13.1. The third-order valence-electron chi connectivity index (χ3n) is 4.41. The number of rotatable bonds is 4. The Hall–Kier alpha value is -2.55. The maximum Gasteiger partial charge on any atom is 0.242 e. The number of anilines is 1. The van der Waals surface area contributed by atoms with Gasteiger partial charge in [0.2, 0.25) is 5.91 Å². The molecule has 1 aliphatic rings. The second-order valence-electron chi connectivity index (χ2n) is 5.51. The van der Waals surface area contributed by atoms with Crippen LogP contribution in [0.4, 0.5) is 5.69 Å². The summed E-state index contributed by atoms with van der Waals surface area (Å²) in [7, 11) is 3.46. The topological polar surface area (TPSA) is 29.5 Å². The summed E-state index contributed by atoms with van der Waals surface area (Å²) >= 11 is 0. The Morgan fingerprint density at radius 1 is 1.23 bits per heavy atom. The van der Waals surface area contributed by atoms with Crippen molar-refractivity contribution < 1.29 is 9.53 Å². The van der Waals surface area contributed by atoms with Crippen LogP contribution < -0.4 is 9.64 Å². The smallest absolute Gasteiger partial charge is 0.242 e. The molecule has 3 nitrogen and oxygen atoms in total. The van der Waals surface area contributed by atoms with Gasteiger partial charge in [-0.15, -0.1) is 6.58 Å². The third kappa shape index (κ3) is 1.86. The zero-order valence-corrected chi connectivity index (χ0v) is 12.9. The summed E-state index contributed by atoms with van der Waals surface area (Å²) in [6.45, 7) is 3.87. The Balaban J connectivity index is 2.29. The van der Waals surface area contributed by atoms with Gasteiger partial charge in [-0.25, -0.2) is 0 Å². The van der Waals surface area contributed by atoms with E-state index in [0.717, 1.165) is 22.6 Å². The Morgan fingerprint density at radius 3 is 2.73 bits per heavy atom. The molecule has 0 saturated carbocycles. The van der Waals surface area contributed by atoms with E-state index in [0.29, 0.717) is 6.42 Å². The second-order valence-corrected chi connectivity index (χ2v) is 5.51. The number of benzene rings is 2. The molecule has 0 spiro atoms. The first-order chi connectivity index (χ1) is 10.6. The second kappa shape index (κ2) is 5.34. The van der Waals surface area contributed by atoms with Crippen LogP contribution in [0.3, 0.4) is 0 Å². The van der Waals surface area contributed by atoms with Gasteiger partial charge in [0, 0.05) is 12.7 Å². The van der Waals surface area contributed by atoms with Crippen LogP contribution in [0, 0.1) is 0 Å². The van der Waals surface area contributed by atoms with Crippen molar-refractivity contribution in [1.29, 1.82) is 0 Å². The predicted molar refractivity (Wildman–Crippen MR) is 88.4 cm³/mol. The zero-order chi connectivity index (χ0) is 15.7. The van der Waals surface area contributed by atoms with Crippen molar-refractivity contribution in [3.8, 4) is 5.75 Å². The molecule has 0 fully saturated rings. The Bertz CT molecular complexity index is 738. The van der Waals surface area contributed by atoms with Gasteiger partial charge in [0.05, 0.1) is 7.11 Å². The summed E-state index contributed by atoms with van der Waals surface area (Å²) < 4.78 is 5.34. The molecule has 0 unspecified atom stereocenters. The number of nitrogens with zero attached hydrogens (tertiary/aromatic N) is 1. The molecule has 1 heterocycles. The number of hydrogen-bond donors (Lipinski definition) is 0. The Labute approximate surface area is 130 Å². The van der Waals surface area contributed by atoms with E-state index in [1.807, 2.05) is 61.7 Å². The van der Waals surface area contributed by atoms with Gasteiger partial charge in [0.25, 0.3) is 0 Å². The molecule has 3 heteroatoms. The molecule has 22 heavy (non-hydrogen) atoms. The van der Waals surface area contributed by atoms with Gasteiger partial charge in [-0.2, -0.15) is 0 Å². The highest BCUT2D eigenvalue weighted by Crippen LogP contribution is 2.48. The molecular formula is C19H19NO2. The minimum absolute atomic E-state index is 0.0712. The van der Waals surface area contributed by atoms with Crippen LogP contribution >= 0.6 is 0 Å². The SMILES string of the molecule is C=CC[C@]1(c2cccc(OC)c2)C(=O)N(C)c2ccccc21. The number of ether oxygens (including phenoxy) is 1. The molecule has 0 N–H and O–H groups in total. The highest BCUT2D eigenvalue weighted by molar-refractivity contribution is 6.10.